The van der Waals surface area contributed by atoms with Gasteiger partial charge in [0.1, 0.15) is 5.60 Å². The number of hydrogen-bond donors (Lipinski definition) is 2. The molecule has 0 aromatic heterocycles. The lowest BCUT2D eigenvalue weighted by Crippen LogP contribution is -2.39. The van der Waals surface area contributed by atoms with Crippen molar-refractivity contribution in [2.24, 2.45) is 0 Å². The van der Waals surface area contributed by atoms with Gasteiger partial charge in [-0.3, -0.25) is 4.79 Å². The molecular weight excluding hydrogens is 278 g/mol. The summed E-state index contributed by atoms with van der Waals surface area (Å²) >= 11 is 6.07. The van der Waals surface area contributed by atoms with E-state index in [4.69, 9.17) is 16.3 Å². The van der Waals surface area contributed by atoms with Crippen molar-refractivity contribution in [1.29, 1.82) is 0 Å². The lowest BCUT2D eigenvalue weighted by molar-refractivity contribution is -0.119. The minimum atomic E-state index is -1.22. The maximum atomic E-state index is 12.0. The molecule has 2 N–H and O–H groups in total. The summed E-state index contributed by atoms with van der Waals surface area (Å²) in [4.78, 5) is 12.0. The van der Waals surface area contributed by atoms with Gasteiger partial charge in [-0.2, -0.15) is 0 Å². The van der Waals surface area contributed by atoms with Crippen LogP contribution >= 0.6 is 11.6 Å². The number of aliphatic hydroxyl groups is 1. The first-order chi connectivity index (χ1) is 9.50. The number of ether oxygens (including phenoxy) is 1. The van der Waals surface area contributed by atoms with Crippen molar-refractivity contribution in [3.8, 4) is 0 Å². The molecule has 1 aliphatic heterocycles. The highest BCUT2D eigenvalue weighted by Gasteiger charge is 2.26. The van der Waals surface area contributed by atoms with E-state index in [1.54, 1.807) is 31.2 Å². The number of halogens is 1. The van der Waals surface area contributed by atoms with Gasteiger partial charge in [-0.15, -0.1) is 0 Å². The molecule has 1 aromatic rings. The van der Waals surface area contributed by atoms with E-state index in [0.29, 0.717) is 29.2 Å². The van der Waals surface area contributed by atoms with Crippen molar-refractivity contribution in [3.63, 3.8) is 0 Å². The van der Waals surface area contributed by atoms with E-state index in [9.17, 15) is 9.90 Å². The topological polar surface area (TPSA) is 58.6 Å². The zero-order valence-corrected chi connectivity index (χ0v) is 12.1. The van der Waals surface area contributed by atoms with E-state index >= 15 is 0 Å². The van der Waals surface area contributed by atoms with E-state index in [-0.39, 0.29) is 12.5 Å². The van der Waals surface area contributed by atoms with E-state index in [1.807, 2.05) is 0 Å². The molecule has 0 saturated carbocycles. The average molecular weight is 296 g/mol. The minimum absolute atomic E-state index is 0.0902. The fourth-order valence-electron chi connectivity index (χ4n) is 2.09. The van der Waals surface area contributed by atoms with Gasteiger partial charge in [-0.1, -0.05) is 29.8 Å². The fourth-order valence-corrected chi connectivity index (χ4v) is 2.43. The molecule has 0 radical (unpaired) electrons. The second kappa shape index (κ2) is 6.29. The van der Waals surface area contributed by atoms with Gasteiger partial charge in [0.2, 0.25) is 5.91 Å². The second-order valence-electron chi connectivity index (χ2n) is 5.05. The Kier molecular flexibility index (Phi) is 4.68. The van der Waals surface area contributed by atoms with Crippen molar-refractivity contribution >= 4 is 17.5 Å². The Morgan fingerprint density at radius 3 is 2.90 bits per heavy atom. The summed E-state index contributed by atoms with van der Waals surface area (Å²) in [6, 6.07) is 7.06. The minimum Gasteiger partial charge on any atom is -0.501 e. The van der Waals surface area contributed by atoms with Crippen LogP contribution in [-0.2, 0) is 15.1 Å². The molecule has 1 atom stereocenters. The molecule has 0 fully saturated rings. The molecule has 0 saturated heterocycles. The van der Waals surface area contributed by atoms with Crippen LogP contribution in [0.2, 0.25) is 5.02 Å². The number of carbonyl (C=O) groups is 1. The fraction of sp³-hybridized carbons (Fsp3) is 0.400. The summed E-state index contributed by atoms with van der Waals surface area (Å²) in [6.07, 6.45) is 3.02. The highest BCUT2D eigenvalue weighted by molar-refractivity contribution is 6.31. The smallest absolute Gasteiger partial charge is 0.250 e. The molecule has 1 heterocycles. The molecular formula is C15H18ClNO3. The summed E-state index contributed by atoms with van der Waals surface area (Å²) in [5, 5.41) is 13.7. The van der Waals surface area contributed by atoms with Crippen molar-refractivity contribution in [2.45, 2.75) is 25.4 Å². The van der Waals surface area contributed by atoms with Gasteiger partial charge in [0.15, 0.2) is 0 Å². The SMILES string of the molecule is CC(O)(CNC(=O)C1=COCCC1)c1ccccc1Cl. The highest BCUT2D eigenvalue weighted by Crippen LogP contribution is 2.27. The third-order valence-corrected chi connectivity index (χ3v) is 3.60. The molecule has 0 aliphatic carbocycles. The first-order valence-corrected chi connectivity index (χ1v) is 6.95. The molecule has 1 unspecified atom stereocenters. The molecule has 0 bridgehead atoms. The number of carbonyl (C=O) groups excluding carboxylic acids is 1. The molecule has 1 amide bonds. The third-order valence-electron chi connectivity index (χ3n) is 3.27. The molecule has 1 aromatic carbocycles. The lowest BCUT2D eigenvalue weighted by Gasteiger charge is -2.25. The van der Waals surface area contributed by atoms with Crippen molar-refractivity contribution in [1.82, 2.24) is 5.32 Å². The van der Waals surface area contributed by atoms with Crippen molar-refractivity contribution < 1.29 is 14.6 Å². The highest BCUT2D eigenvalue weighted by atomic mass is 35.5. The first kappa shape index (κ1) is 14.9. The zero-order valence-electron chi connectivity index (χ0n) is 11.4. The number of amides is 1. The molecule has 4 nitrogen and oxygen atoms in total. The Morgan fingerprint density at radius 2 is 2.25 bits per heavy atom. The first-order valence-electron chi connectivity index (χ1n) is 6.57. The largest absolute Gasteiger partial charge is 0.501 e. The third kappa shape index (κ3) is 3.52. The van der Waals surface area contributed by atoms with Crippen LogP contribution in [0.3, 0.4) is 0 Å². The quantitative estimate of drug-likeness (QED) is 0.896. The Labute approximate surface area is 123 Å². The summed E-state index contributed by atoms with van der Waals surface area (Å²) in [6.45, 7) is 2.36. The van der Waals surface area contributed by atoms with Crippen LogP contribution in [0, 0.1) is 0 Å². The van der Waals surface area contributed by atoms with Crippen molar-refractivity contribution in [2.75, 3.05) is 13.2 Å². The van der Waals surface area contributed by atoms with Gasteiger partial charge in [-0.05, 0) is 25.8 Å². The molecule has 0 spiro atoms. The molecule has 2 rings (SSSR count). The Morgan fingerprint density at radius 1 is 1.50 bits per heavy atom. The van der Waals surface area contributed by atoms with Gasteiger partial charge in [0, 0.05) is 10.6 Å². The summed E-state index contributed by atoms with van der Waals surface area (Å²) in [7, 11) is 0. The van der Waals surface area contributed by atoms with Gasteiger partial charge in [-0.25, -0.2) is 0 Å². The van der Waals surface area contributed by atoms with Gasteiger partial charge in [0.05, 0.1) is 25.0 Å². The number of nitrogens with one attached hydrogen (secondary N) is 1. The monoisotopic (exact) mass is 295 g/mol. The van der Waals surface area contributed by atoms with Crippen LogP contribution in [0.4, 0.5) is 0 Å². The van der Waals surface area contributed by atoms with Crippen LogP contribution in [-0.4, -0.2) is 24.2 Å². The van der Waals surface area contributed by atoms with Gasteiger partial charge >= 0.3 is 0 Å². The standard InChI is InChI=1S/C15H18ClNO3/c1-15(19,12-6-2-3-7-13(12)16)10-17-14(18)11-5-4-8-20-9-11/h2-3,6-7,9,19H,4-5,8,10H2,1H3,(H,17,18). The Balaban J connectivity index is 2.00. The van der Waals surface area contributed by atoms with Gasteiger partial charge in [0.25, 0.3) is 0 Å². The second-order valence-corrected chi connectivity index (χ2v) is 5.46. The maximum absolute atomic E-state index is 12.0. The molecule has 5 heteroatoms. The zero-order chi connectivity index (χ0) is 14.6. The van der Waals surface area contributed by atoms with Crippen molar-refractivity contribution in [3.05, 3.63) is 46.7 Å². The lowest BCUT2D eigenvalue weighted by atomic mass is 9.95. The average Bonchev–Trinajstić information content (AvgIpc) is 2.46. The Hall–Kier alpha value is -1.52. The predicted octanol–water partition coefficient (Wildman–Crippen LogP) is 2.36. The number of hydrogen-bond acceptors (Lipinski definition) is 3. The van der Waals surface area contributed by atoms with Crippen LogP contribution in [0.15, 0.2) is 36.1 Å². The number of rotatable bonds is 4. The molecule has 1 aliphatic rings. The number of benzene rings is 1. The van der Waals surface area contributed by atoms with Crippen LogP contribution in [0.1, 0.15) is 25.3 Å². The van der Waals surface area contributed by atoms with Gasteiger partial charge < -0.3 is 15.2 Å². The molecule has 108 valence electrons. The summed E-state index contributed by atoms with van der Waals surface area (Å²) < 4.78 is 5.13. The Bertz CT molecular complexity index is 526. The van der Waals surface area contributed by atoms with Crippen LogP contribution < -0.4 is 5.32 Å². The summed E-state index contributed by atoms with van der Waals surface area (Å²) in [5.74, 6) is -0.211. The normalized spacial score (nSPS) is 17.6. The van der Waals surface area contributed by atoms with Crippen LogP contribution in [0.25, 0.3) is 0 Å². The van der Waals surface area contributed by atoms with E-state index in [2.05, 4.69) is 5.32 Å². The van der Waals surface area contributed by atoms with Crippen LogP contribution in [0.5, 0.6) is 0 Å². The van der Waals surface area contributed by atoms with E-state index in [1.165, 1.54) is 6.26 Å². The summed E-state index contributed by atoms with van der Waals surface area (Å²) in [5.41, 5.74) is -0.0218. The maximum Gasteiger partial charge on any atom is 0.250 e. The van der Waals surface area contributed by atoms with E-state index < -0.39 is 5.60 Å². The van der Waals surface area contributed by atoms with E-state index in [0.717, 1.165) is 6.42 Å². The predicted molar refractivity (Wildman–Crippen MR) is 77.3 cm³/mol. The molecule has 20 heavy (non-hydrogen) atoms.